The Labute approximate surface area is 162 Å². The van der Waals surface area contributed by atoms with Gasteiger partial charge in [0.1, 0.15) is 11.5 Å². The summed E-state index contributed by atoms with van der Waals surface area (Å²) in [5, 5.41) is 17.0. The molecule has 0 amide bonds. The van der Waals surface area contributed by atoms with Crippen LogP contribution in [-0.4, -0.2) is 22.9 Å². The maximum atomic E-state index is 10.3. The van der Waals surface area contributed by atoms with Gasteiger partial charge in [-0.1, -0.05) is 24.3 Å². The Morgan fingerprint density at radius 2 is 1.96 bits per heavy atom. The number of nitrogens with zero attached hydrogens (tertiary/aromatic N) is 2. The van der Waals surface area contributed by atoms with Crippen LogP contribution < -0.4 is 9.47 Å². The van der Waals surface area contributed by atoms with Gasteiger partial charge < -0.3 is 19.0 Å². The fourth-order valence-electron chi connectivity index (χ4n) is 3.90. The van der Waals surface area contributed by atoms with E-state index in [9.17, 15) is 5.11 Å². The lowest BCUT2D eigenvalue weighted by molar-refractivity contribution is -0.0345. The van der Waals surface area contributed by atoms with Crippen molar-refractivity contribution < 1.29 is 19.0 Å². The van der Waals surface area contributed by atoms with Gasteiger partial charge in [0.2, 0.25) is 6.23 Å². The van der Waals surface area contributed by atoms with E-state index in [1.165, 1.54) is 0 Å². The van der Waals surface area contributed by atoms with Crippen molar-refractivity contribution in [3.8, 4) is 17.2 Å². The average molecular weight is 376 g/mol. The highest BCUT2D eigenvalue weighted by molar-refractivity contribution is 6.04. The first-order valence-corrected chi connectivity index (χ1v) is 9.20. The standard InChI is InChI=1S/C22H20N2O4/c1-13-10-11-20(27-13)22-24-17(15-7-5-9-19(26-2)21(15)28-22)12-16(23-24)14-6-3-4-8-18(14)25/h3-11,17,22,25H,12H2,1-2H3/t17-,22+/m0/s1. The van der Waals surface area contributed by atoms with E-state index < -0.39 is 6.23 Å². The number of ether oxygens (including phenoxy) is 2. The second-order valence-corrected chi connectivity index (χ2v) is 6.96. The van der Waals surface area contributed by atoms with Crippen molar-refractivity contribution in [2.45, 2.75) is 25.6 Å². The van der Waals surface area contributed by atoms with Crippen LogP contribution in [0, 0.1) is 6.92 Å². The Hall–Kier alpha value is -3.41. The van der Waals surface area contributed by atoms with Crippen molar-refractivity contribution in [2.24, 2.45) is 5.10 Å². The summed E-state index contributed by atoms with van der Waals surface area (Å²) < 4.78 is 17.7. The van der Waals surface area contributed by atoms with Crippen LogP contribution in [0.3, 0.4) is 0 Å². The molecule has 0 unspecified atom stereocenters. The Bertz CT molecular complexity index is 1070. The molecule has 2 aliphatic heterocycles. The Morgan fingerprint density at radius 3 is 2.71 bits per heavy atom. The van der Waals surface area contributed by atoms with Gasteiger partial charge in [0.25, 0.3) is 0 Å². The molecule has 0 saturated carbocycles. The molecule has 0 bridgehead atoms. The predicted octanol–water partition coefficient (Wildman–Crippen LogP) is 4.54. The number of hydrazone groups is 1. The molecule has 0 fully saturated rings. The van der Waals surface area contributed by atoms with E-state index in [0.717, 1.165) is 22.6 Å². The maximum absolute atomic E-state index is 10.3. The van der Waals surface area contributed by atoms with E-state index in [0.29, 0.717) is 23.7 Å². The van der Waals surface area contributed by atoms with Gasteiger partial charge in [-0.05, 0) is 37.3 Å². The summed E-state index contributed by atoms with van der Waals surface area (Å²) >= 11 is 0. The van der Waals surface area contributed by atoms with Crippen LogP contribution in [0.15, 0.2) is 64.1 Å². The van der Waals surface area contributed by atoms with Crippen LogP contribution in [0.2, 0.25) is 0 Å². The third kappa shape index (κ3) is 2.52. The number of hydrogen-bond acceptors (Lipinski definition) is 6. The van der Waals surface area contributed by atoms with E-state index in [1.807, 2.05) is 54.4 Å². The van der Waals surface area contributed by atoms with Crippen molar-refractivity contribution in [1.29, 1.82) is 0 Å². The first-order valence-electron chi connectivity index (χ1n) is 9.20. The molecule has 142 valence electrons. The average Bonchev–Trinajstić information content (AvgIpc) is 3.34. The van der Waals surface area contributed by atoms with Crippen molar-refractivity contribution >= 4 is 5.71 Å². The third-order valence-corrected chi connectivity index (χ3v) is 5.22. The number of furan rings is 1. The lowest BCUT2D eigenvalue weighted by Crippen LogP contribution is -2.33. The van der Waals surface area contributed by atoms with Gasteiger partial charge in [0.15, 0.2) is 17.3 Å². The molecular formula is C22H20N2O4. The lowest BCUT2D eigenvalue weighted by Gasteiger charge is -2.37. The van der Waals surface area contributed by atoms with Crippen molar-refractivity contribution in [3.63, 3.8) is 0 Å². The van der Waals surface area contributed by atoms with Gasteiger partial charge in [-0.15, -0.1) is 0 Å². The van der Waals surface area contributed by atoms with Crippen LogP contribution in [0.1, 0.15) is 41.3 Å². The number of methoxy groups -OCH3 is 1. The third-order valence-electron chi connectivity index (χ3n) is 5.22. The topological polar surface area (TPSA) is 67.4 Å². The minimum atomic E-state index is -0.508. The van der Waals surface area contributed by atoms with Gasteiger partial charge in [0, 0.05) is 17.5 Å². The molecule has 0 saturated heterocycles. The summed E-state index contributed by atoms with van der Waals surface area (Å²) in [5.74, 6) is 3.10. The lowest BCUT2D eigenvalue weighted by atomic mass is 9.95. The highest BCUT2D eigenvalue weighted by atomic mass is 16.5. The summed E-state index contributed by atoms with van der Waals surface area (Å²) in [7, 11) is 1.63. The molecule has 28 heavy (non-hydrogen) atoms. The van der Waals surface area contributed by atoms with Crippen molar-refractivity contribution in [2.75, 3.05) is 7.11 Å². The number of fused-ring (bicyclic) bond motifs is 3. The zero-order valence-corrected chi connectivity index (χ0v) is 15.6. The van der Waals surface area contributed by atoms with Gasteiger partial charge in [-0.3, -0.25) is 0 Å². The second kappa shape index (κ2) is 6.34. The Morgan fingerprint density at radius 1 is 1.11 bits per heavy atom. The molecule has 5 rings (SSSR count). The SMILES string of the molecule is COc1cccc2c1O[C@H](c1ccc(C)o1)N1N=C(c3ccccc3O)C[C@@H]21. The normalized spacial score (nSPS) is 20.2. The number of phenolic OH excluding ortho intramolecular Hbond substituents is 1. The quantitative estimate of drug-likeness (QED) is 0.727. The molecule has 6 nitrogen and oxygen atoms in total. The van der Waals surface area contributed by atoms with Crippen LogP contribution >= 0.6 is 0 Å². The molecule has 3 aromatic rings. The van der Waals surface area contributed by atoms with Gasteiger partial charge in [-0.25, -0.2) is 5.01 Å². The Balaban J connectivity index is 1.64. The molecule has 1 N–H and O–H groups in total. The molecule has 0 radical (unpaired) electrons. The van der Waals surface area contributed by atoms with E-state index in [2.05, 4.69) is 0 Å². The van der Waals surface area contributed by atoms with E-state index >= 15 is 0 Å². The number of para-hydroxylation sites is 2. The second-order valence-electron chi connectivity index (χ2n) is 6.96. The summed E-state index contributed by atoms with van der Waals surface area (Å²) in [6.45, 7) is 1.90. The number of aromatic hydroxyl groups is 1. The maximum Gasteiger partial charge on any atom is 0.246 e. The molecular weight excluding hydrogens is 356 g/mol. The molecule has 2 aromatic carbocycles. The smallest absolute Gasteiger partial charge is 0.246 e. The Kier molecular flexibility index (Phi) is 3.79. The summed E-state index contributed by atoms with van der Waals surface area (Å²) in [4.78, 5) is 0. The summed E-state index contributed by atoms with van der Waals surface area (Å²) in [6, 6.07) is 16.9. The summed E-state index contributed by atoms with van der Waals surface area (Å²) in [5.41, 5.74) is 2.56. The zero-order chi connectivity index (χ0) is 19.3. The number of aryl methyl sites for hydroxylation is 1. The largest absolute Gasteiger partial charge is 0.507 e. The minimum Gasteiger partial charge on any atom is -0.507 e. The van der Waals surface area contributed by atoms with Crippen LogP contribution in [-0.2, 0) is 0 Å². The highest BCUT2D eigenvalue weighted by Gasteiger charge is 2.43. The van der Waals surface area contributed by atoms with Gasteiger partial charge in [0.05, 0.1) is 18.9 Å². The van der Waals surface area contributed by atoms with Gasteiger partial charge >= 0.3 is 0 Å². The summed E-state index contributed by atoms with van der Waals surface area (Å²) in [6.07, 6.45) is 0.142. The highest BCUT2D eigenvalue weighted by Crippen LogP contribution is 2.51. The number of phenols is 1. The van der Waals surface area contributed by atoms with E-state index in [-0.39, 0.29) is 11.8 Å². The molecule has 0 spiro atoms. The number of rotatable bonds is 3. The minimum absolute atomic E-state index is 0.0381. The number of benzene rings is 2. The van der Waals surface area contributed by atoms with Crippen LogP contribution in [0.25, 0.3) is 0 Å². The molecule has 1 aromatic heterocycles. The van der Waals surface area contributed by atoms with Crippen molar-refractivity contribution in [1.82, 2.24) is 5.01 Å². The number of hydrogen-bond donors (Lipinski definition) is 1. The molecule has 0 aliphatic carbocycles. The van der Waals surface area contributed by atoms with Crippen LogP contribution in [0.4, 0.5) is 0 Å². The fraction of sp³-hybridized carbons (Fsp3) is 0.227. The van der Waals surface area contributed by atoms with Crippen molar-refractivity contribution in [3.05, 3.63) is 77.2 Å². The van der Waals surface area contributed by atoms with E-state index in [1.54, 1.807) is 19.2 Å². The predicted molar refractivity (Wildman–Crippen MR) is 104 cm³/mol. The fourth-order valence-corrected chi connectivity index (χ4v) is 3.90. The molecule has 2 aliphatic rings. The monoisotopic (exact) mass is 376 g/mol. The van der Waals surface area contributed by atoms with Crippen LogP contribution in [0.5, 0.6) is 17.2 Å². The van der Waals surface area contributed by atoms with Gasteiger partial charge in [-0.2, -0.15) is 5.10 Å². The first-order chi connectivity index (χ1) is 13.7. The zero-order valence-electron chi connectivity index (χ0n) is 15.6. The first kappa shape index (κ1) is 16.7. The molecule has 6 heteroatoms. The molecule has 2 atom stereocenters. The van der Waals surface area contributed by atoms with E-state index in [4.69, 9.17) is 19.0 Å². The molecule has 3 heterocycles.